The van der Waals surface area contributed by atoms with Crippen LogP contribution in [0.5, 0.6) is 5.75 Å². The van der Waals surface area contributed by atoms with Gasteiger partial charge in [-0.05, 0) is 71.9 Å². The highest BCUT2D eigenvalue weighted by Crippen LogP contribution is 2.39. The molecule has 0 radical (unpaired) electrons. The van der Waals surface area contributed by atoms with E-state index in [1.54, 1.807) is 64.3 Å². The minimum atomic E-state index is -0.681. The number of nitrogens with one attached hydrogen (secondary N) is 1. The van der Waals surface area contributed by atoms with Gasteiger partial charge in [-0.15, -0.1) is 0 Å². The number of carbonyl (C=O) groups is 2. The average Bonchev–Trinajstić information content (AvgIpc) is 2.98. The molecule has 3 rings (SSSR count). The van der Waals surface area contributed by atoms with Gasteiger partial charge in [0.1, 0.15) is 29.3 Å². The zero-order chi connectivity index (χ0) is 25.4. The third-order valence-electron chi connectivity index (χ3n) is 4.37. The summed E-state index contributed by atoms with van der Waals surface area (Å²) in [4.78, 5) is 29.4. The van der Waals surface area contributed by atoms with Crippen LogP contribution in [0, 0.1) is 0 Å². The summed E-state index contributed by atoms with van der Waals surface area (Å²) < 4.78 is 12.4. The van der Waals surface area contributed by atoms with Gasteiger partial charge in [0.15, 0.2) is 0 Å². The van der Waals surface area contributed by atoms with Crippen LogP contribution in [0.2, 0.25) is 10.0 Å². The number of esters is 1. The lowest BCUT2D eigenvalue weighted by Crippen LogP contribution is -2.27. The molecule has 10 heteroatoms. The van der Waals surface area contributed by atoms with Crippen molar-refractivity contribution in [2.75, 3.05) is 5.32 Å². The van der Waals surface area contributed by atoms with E-state index in [1.165, 1.54) is 12.1 Å². The second-order valence-electron chi connectivity index (χ2n) is 9.72. The number of ether oxygens (including phenoxy) is 2. The van der Waals surface area contributed by atoms with Crippen LogP contribution in [0.15, 0.2) is 30.3 Å². The van der Waals surface area contributed by atoms with E-state index < -0.39 is 23.3 Å². The second-order valence-corrected chi connectivity index (χ2v) is 10.6. The lowest BCUT2D eigenvalue weighted by atomic mass is 10.2. The molecule has 182 valence electrons. The van der Waals surface area contributed by atoms with Crippen molar-refractivity contribution in [3.8, 4) is 17.1 Å². The van der Waals surface area contributed by atoms with E-state index in [9.17, 15) is 14.7 Å². The molecule has 0 aliphatic rings. The van der Waals surface area contributed by atoms with Crippen molar-refractivity contribution in [2.24, 2.45) is 0 Å². The molecule has 1 heterocycles. The maximum Gasteiger partial charge on any atom is 0.412 e. The lowest BCUT2D eigenvalue weighted by molar-refractivity contribution is -0.155. The summed E-state index contributed by atoms with van der Waals surface area (Å²) >= 11 is 12.3. The van der Waals surface area contributed by atoms with Gasteiger partial charge in [0.25, 0.3) is 0 Å². The molecule has 0 aliphatic heterocycles. The fourth-order valence-electron chi connectivity index (χ4n) is 3.23. The van der Waals surface area contributed by atoms with Gasteiger partial charge in [0.05, 0.1) is 21.6 Å². The Labute approximate surface area is 207 Å². The Kier molecular flexibility index (Phi) is 7.05. The van der Waals surface area contributed by atoms with Crippen LogP contribution in [-0.4, -0.2) is 37.9 Å². The number of benzene rings is 2. The number of hydrogen-bond acceptors (Lipinski definition) is 6. The summed E-state index contributed by atoms with van der Waals surface area (Å²) in [5.41, 5.74) is 0.399. The van der Waals surface area contributed by atoms with E-state index in [0.29, 0.717) is 21.7 Å². The molecule has 0 unspecified atom stereocenters. The molecule has 0 bridgehead atoms. The number of imidazole rings is 1. The number of aromatic nitrogens is 2. The number of hydrogen-bond donors (Lipinski definition) is 2. The molecular formula is C24H27Cl2N3O5. The summed E-state index contributed by atoms with van der Waals surface area (Å²) in [5, 5.41) is 13.6. The summed E-state index contributed by atoms with van der Waals surface area (Å²) in [6.07, 6.45) is -0.612. The molecule has 2 aromatic carbocycles. The molecule has 0 saturated heterocycles. The number of phenols is 1. The monoisotopic (exact) mass is 507 g/mol. The van der Waals surface area contributed by atoms with Crippen molar-refractivity contribution in [3.63, 3.8) is 0 Å². The third kappa shape index (κ3) is 6.33. The number of carbonyl (C=O) groups excluding carboxylic acids is 2. The minimum absolute atomic E-state index is 0.0469. The Morgan fingerprint density at radius 1 is 1.03 bits per heavy atom. The zero-order valence-corrected chi connectivity index (χ0v) is 21.3. The number of rotatable bonds is 4. The summed E-state index contributed by atoms with van der Waals surface area (Å²) in [6.45, 7) is 10.4. The Morgan fingerprint density at radius 2 is 1.68 bits per heavy atom. The molecule has 0 aliphatic carbocycles. The molecule has 0 spiro atoms. The highest BCUT2D eigenvalue weighted by atomic mass is 35.5. The van der Waals surface area contributed by atoms with E-state index >= 15 is 0 Å². The standard InChI is InChI=1S/C24H27Cl2N3O5/c1-23(2,3)33-19(30)12-29-18-8-7-14(27-22(32)34-24(4,5)6)11-17(18)28-21(29)15-9-13(25)10-16(26)20(15)31/h7-11,31H,12H2,1-6H3,(H,27,32). The normalized spacial score (nSPS) is 12.0. The number of halogens is 2. The fourth-order valence-corrected chi connectivity index (χ4v) is 3.73. The molecule has 2 N–H and O–H groups in total. The molecular weight excluding hydrogens is 481 g/mol. The van der Waals surface area contributed by atoms with Gasteiger partial charge in [0, 0.05) is 10.7 Å². The Hall–Kier alpha value is -2.97. The molecule has 34 heavy (non-hydrogen) atoms. The van der Waals surface area contributed by atoms with Gasteiger partial charge < -0.3 is 19.1 Å². The Balaban J connectivity index is 2.09. The topological polar surface area (TPSA) is 103 Å². The predicted octanol–water partition coefficient (Wildman–Crippen LogP) is 6.40. The molecule has 0 atom stereocenters. The number of fused-ring (bicyclic) bond motifs is 1. The van der Waals surface area contributed by atoms with Crippen molar-refractivity contribution < 1.29 is 24.2 Å². The molecule has 1 aromatic heterocycles. The van der Waals surface area contributed by atoms with Crippen molar-refractivity contribution >= 4 is 52.0 Å². The van der Waals surface area contributed by atoms with Crippen molar-refractivity contribution in [1.82, 2.24) is 9.55 Å². The van der Waals surface area contributed by atoms with Crippen LogP contribution in [0.1, 0.15) is 41.5 Å². The number of aromatic hydroxyl groups is 1. The van der Waals surface area contributed by atoms with Gasteiger partial charge in [-0.2, -0.15) is 0 Å². The third-order valence-corrected chi connectivity index (χ3v) is 4.88. The summed E-state index contributed by atoms with van der Waals surface area (Å²) in [5.74, 6) is -0.451. The highest BCUT2D eigenvalue weighted by molar-refractivity contribution is 6.36. The quantitative estimate of drug-likeness (QED) is 0.395. The van der Waals surface area contributed by atoms with Gasteiger partial charge in [-0.1, -0.05) is 23.2 Å². The first kappa shape index (κ1) is 25.6. The smallest absolute Gasteiger partial charge is 0.412 e. The summed E-state index contributed by atoms with van der Waals surface area (Å²) in [6, 6.07) is 7.92. The van der Waals surface area contributed by atoms with Gasteiger partial charge >= 0.3 is 12.1 Å². The highest BCUT2D eigenvalue weighted by Gasteiger charge is 2.23. The van der Waals surface area contributed by atoms with Crippen molar-refractivity contribution in [3.05, 3.63) is 40.4 Å². The predicted molar refractivity (Wildman–Crippen MR) is 133 cm³/mol. The van der Waals surface area contributed by atoms with E-state index in [0.717, 1.165) is 0 Å². The van der Waals surface area contributed by atoms with Crippen LogP contribution < -0.4 is 5.32 Å². The molecule has 8 nitrogen and oxygen atoms in total. The SMILES string of the molecule is CC(C)(C)OC(=O)Cn1c(-c2cc(Cl)cc(Cl)c2O)nc2cc(NC(=O)OC(C)(C)C)ccc21. The van der Waals surface area contributed by atoms with Crippen LogP contribution >= 0.6 is 23.2 Å². The fraction of sp³-hybridized carbons (Fsp3) is 0.375. The molecule has 1 amide bonds. The van der Waals surface area contributed by atoms with Gasteiger partial charge in [0.2, 0.25) is 0 Å². The largest absolute Gasteiger partial charge is 0.506 e. The van der Waals surface area contributed by atoms with Crippen LogP contribution in [0.4, 0.5) is 10.5 Å². The number of phenolic OH excluding ortho intramolecular Hbond substituents is 1. The van der Waals surface area contributed by atoms with E-state index in [4.69, 9.17) is 32.7 Å². The van der Waals surface area contributed by atoms with Gasteiger partial charge in [-0.3, -0.25) is 10.1 Å². The summed E-state index contributed by atoms with van der Waals surface area (Å²) in [7, 11) is 0. The number of anilines is 1. The first-order valence-corrected chi connectivity index (χ1v) is 11.3. The van der Waals surface area contributed by atoms with Crippen LogP contribution in [0.3, 0.4) is 0 Å². The first-order chi connectivity index (χ1) is 15.6. The Bertz CT molecular complexity index is 1260. The zero-order valence-electron chi connectivity index (χ0n) is 19.8. The molecule has 0 saturated carbocycles. The van der Waals surface area contributed by atoms with Crippen LogP contribution in [-0.2, 0) is 20.8 Å². The Morgan fingerprint density at radius 3 is 2.29 bits per heavy atom. The maximum absolute atomic E-state index is 12.7. The van der Waals surface area contributed by atoms with Gasteiger partial charge in [-0.25, -0.2) is 9.78 Å². The average molecular weight is 508 g/mol. The lowest BCUT2D eigenvalue weighted by Gasteiger charge is -2.20. The second kappa shape index (κ2) is 9.35. The minimum Gasteiger partial charge on any atom is -0.506 e. The van der Waals surface area contributed by atoms with Crippen molar-refractivity contribution in [1.29, 1.82) is 0 Å². The number of amides is 1. The van der Waals surface area contributed by atoms with E-state index in [-0.39, 0.29) is 28.7 Å². The maximum atomic E-state index is 12.7. The van der Waals surface area contributed by atoms with E-state index in [1.807, 2.05) is 0 Å². The van der Waals surface area contributed by atoms with E-state index in [2.05, 4.69) is 10.3 Å². The van der Waals surface area contributed by atoms with Crippen LogP contribution in [0.25, 0.3) is 22.4 Å². The van der Waals surface area contributed by atoms with Crippen molar-refractivity contribution in [2.45, 2.75) is 59.3 Å². The molecule has 3 aromatic rings. The number of nitrogens with zero attached hydrogens (tertiary/aromatic N) is 2. The first-order valence-electron chi connectivity index (χ1n) is 10.5. The molecule has 0 fully saturated rings.